The molecule has 5 nitrogen and oxygen atoms in total. The summed E-state index contributed by atoms with van der Waals surface area (Å²) in [6.45, 7) is 2.57. The first-order chi connectivity index (χ1) is 14.2. The second-order valence-corrected chi connectivity index (χ2v) is 7.05. The number of benzene rings is 2. The van der Waals surface area contributed by atoms with Crippen molar-refractivity contribution in [2.45, 2.75) is 25.4 Å². The van der Waals surface area contributed by atoms with Crippen LogP contribution in [0.4, 0.5) is 0 Å². The number of rotatable bonds is 6. The average molecular weight is 390 g/mol. The van der Waals surface area contributed by atoms with Gasteiger partial charge in [0, 0.05) is 18.4 Å². The fourth-order valence-electron chi connectivity index (χ4n) is 3.95. The van der Waals surface area contributed by atoms with Crippen molar-refractivity contribution in [1.29, 1.82) is 0 Å². The molecule has 1 aliphatic heterocycles. The Morgan fingerprint density at radius 1 is 1.00 bits per heavy atom. The van der Waals surface area contributed by atoms with E-state index in [0.29, 0.717) is 6.61 Å². The summed E-state index contributed by atoms with van der Waals surface area (Å²) < 4.78 is 16.7. The highest BCUT2D eigenvalue weighted by atomic mass is 16.5. The molecule has 1 aliphatic rings. The maximum Gasteiger partial charge on any atom is 0.161 e. The van der Waals surface area contributed by atoms with Gasteiger partial charge in [0.25, 0.3) is 0 Å². The molecule has 5 heteroatoms. The lowest BCUT2D eigenvalue weighted by Crippen LogP contribution is -2.34. The molecule has 2 aromatic carbocycles. The summed E-state index contributed by atoms with van der Waals surface area (Å²) in [4.78, 5) is 4.31. The number of nitrogens with zero attached hydrogens (tertiary/aromatic N) is 1. The van der Waals surface area contributed by atoms with Crippen molar-refractivity contribution in [3.8, 4) is 17.2 Å². The molecule has 0 bridgehead atoms. The van der Waals surface area contributed by atoms with Gasteiger partial charge in [-0.15, -0.1) is 0 Å². The number of hydrogen-bond acceptors (Lipinski definition) is 5. The molecule has 29 heavy (non-hydrogen) atoms. The van der Waals surface area contributed by atoms with Gasteiger partial charge in [0.2, 0.25) is 0 Å². The van der Waals surface area contributed by atoms with Crippen LogP contribution in [0.5, 0.6) is 17.2 Å². The number of methoxy groups -OCH3 is 2. The minimum Gasteiger partial charge on any atom is -0.497 e. The van der Waals surface area contributed by atoms with Crippen LogP contribution in [-0.4, -0.2) is 25.8 Å². The molecular formula is C24H26N2O3. The van der Waals surface area contributed by atoms with E-state index in [2.05, 4.69) is 40.6 Å². The summed E-state index contributed by atoms with van der Waals surface area (Å²) in [5, 5.41) is 3.81. The molecular weight excluding hydrogens is 364 g/mol. The zero-order valence-electron chi connectivity index (χ0n) is 17.0. The van der Waals surface area contributed by atoms with Gasteiger partial charge in [-0.3, -0.25) is 10.3 Å². The number of ether oxygens (including phenoxy) is 3. The van der Waals surface area contributed by atoms with E-state index in [-0.39, 0.29) is 12.1 Å². The van der Waals surface area contributed by atoms with E-state index in [4.69, 9.17) is 14.2 Å². The fourth-order valence-corrected chi connectivity index (χ4v) is 3.95. The van der Waals surface area contributed by atoms with E-state index < -0.39 is 0 Å². The third-order valence-electron chi connectivity index (χ3n) is 5.36. The topological polar surface area (TPSA) is 52.6 Å². The van der Waals surface area contributed by atoms with Crippen molar-refractivity contribution in [1.82, 2.24) is 10.3 Å². The van der Waals surface area contributed by atoms with Crippen molar-refractivity contribution in [2.75, 3.05) is 20.8 Å². The molecule has 150 valence electrons. The van der Waals surface area contributed by atoms with Crippen LogP contribution in [0, 0.1) is 0 Å². The van der Waals surface area contributed by atoms with Gasteiger partial charge in [-0.2, -0.15) is 0 Å². The molecule has 2 heterocycles. The Morgan fingerprint density at radius 3 is 2.62 bits per heavy atom. The number of pyridine rings is 1. The van der Waals surface area contributed by atoms with Crippen LogP contribution in [0.25, 0.3) is 0 Å². The third-order valence-corrected chi connectivity index (χ3v) is 5.36. The normalized spacial score (nSPS) is 18.0. The Kier molecular flexibility index (Phi) is 5.67. The smallest absolute Gasteiger partial charge is 0.161 e. The molecule has 0 saturated carbocycles. The molecule has 0 aliphatic carbocycles. The molecule has 3 aromatic rings. The van der Waals surface area contributed by atoms with E-state index in [1.165, 1.54) is 16.7 Å². The van der Waals surface area contributed by atoms with Crippen LogP contribution in [0.3, 0.4) is 0 Å². The van der Waals surface area contributed by atoms with E-state index in [9.17, 15) is 0 Å². The molecule has 1 N–H and O–H groups in total. The standard InChI is InChI=1S/C24H26N2O3/c1-4-29-22-10-7-16(14-23(22)28-3)24-20-9-8-19(27-2)12-18(20)13-21(26-24)17-6-5-11-25-15-17/h5-12,14-15,21,24,26H,4,13H2,1-3H3/t21-,24-/m0/s1. The highest BCUT2D eigenvalue weighted by molar-refractivity contribution is 5.49. The van der Waals surface area contributed by atoms with Gasteiger partial charge in [0.1, 0.15) is 5.75 Å². The molecule has 0 amide bonds. The number of nitrogens with one attached hydrogen (secondary N) is 1. The van der Waals surface area contributed by atoms with Crippen LogP contribution in [0.2, 0.25) is 0 Å². The first-order valence-corrected chi connectivity index (χ1v) is 9.87. The van der Waals surface area contributed by atoms with Gasteiger partial charge < -0.3 is 14.2 Å². The van der Waals surface area contributed by atoms with Gasteiger partial charge in [-0.25, -0.2) is 0 Å². The molecule has 1 aromatic heterocycles. The summed E-state index contributed by atoms with van der Waals surface area (Å²) >= 11 is 0. The Morgan fingerprint density at radius 2 is 1.90 bits per heavy atom. The lowest BCUT2D eigenvalue weighted by molar-refractivity contribution is 0.310. The van der Waals surface area contributed by atoms with Crippen LogP contribution < -0.4 is 19.5 Å². The lowest BCUT2D eigenvalue weighted by Gasteiger charge is -2.34. The summed E-state index contributed by atoms with van der Waals surface area (Å²) in [6, 6.07) is 16.7. The zero-order chi connectivity index (χ0) is 20.2. The Bertz CT molecular complexity index is 975. The predicted octanol–water partition coefficient (Wildman–Crippen LogP) is 4.47. The lowest BCUT2D eigenvalue weighted by atomic mass is 9.84. The summed E-state index contributed by atoms with van der Waals surface area (Å²) in [7, 11) is 3.38. The maximum atomic E-state index is 5.69. The van der Waals surface area contributed by atoms with E-state index in [0.717, 1.165) is 29.2 Å². The van der Waals surface area contributed by atoms with Crippen LogP contribution in [0.1, 0.15) is 41.3 Å². The second-order valence-electron chi connectivity index (χ2n) is 7.05. The Hall–Kier alpha value is -3.05. The van der Waals surface area contributed by atoms with Gasteiger partial charge in [0.05, 0.1) is 26.9 Å². The first-order valence-electron chi connectivity index (χ1n) is 9.87. The van der Waals surface area contributed by atoms with E-state index >= 15 is 0 Å². The molecule has 4 rings (SSSR count). The predicted molar refractivity (Wildman–Crippen MR) is 113 cm³/mol. The zero-order valence-corrected chi connectivity index (χ0v) is 17.0. The fraction of sp³-hybridized carbons (Fsp3) is 0.292. The van der Waals surface area contributed by atoms with Crippen molar-refractivity contribution in [2.24, 2.45) is 0 Å². The van der Waals surface area contributed by atoms with Gasteiger partial charge in [-0.05, 0) is 65.9 Å². The summed E-state index contributed by atoms with van der Waals surface area (Å²) in [5.41, 5.74) is 4.82. The Labute approximate surface area is 171 Å². The van der Waals surface area contributed by atoms with Gasteiger partial charge in [0.15, 0.2) is 11.5 Å². The minimum atomic E-state index is 0.0273. The quantitative estimate of drug-likeness (QED) is 0.673. The van der Waals surface area contributed by atoms with Crippen molar-refractivity contribution < 1.29 is 14.2 Å². The highest BCUT2D eigenvalue weighted by Crippen LogP contribution is 2.39. The molecule has 0 unspecified atom stereocenters. The van der Waals surface area contributed by atoms with E-state index in [1.54, 1.807) is 20.4 Å². The van der Waals surface area contributed by atoms with Gasteiger partial charge in [-0.1, -0.05) is 18.2 Å². The van der Waals surface area contributed by atoms with Crippen molar-refractivity contribution in [3.63, 3.8) is 0 Å². The first kappa shape index (κ1) is 19.3. The second kappa shape index (κ2) is 8.53. The molecule has 0 spiro atoms. The molecule has 2 atom stereocenters. The van der Waals surface area contributed by atoms with Crippen LogP contribution in [-0.2, 0) is 6.42 Å². The Balaban J connectivity index is 1.77. The molecule has 0 radical (unpaired) electrons. The SMILES string of the molecule is CCOc1ccc([C@@H]2N[C@H](c3cccnc3)Cc3cc(OC)ccc32)cc1OC. The van der Waals surface area contributed by atoms with Crippen molar-refractivity contribution in [3.05, 3.63) is 83.2 Å². The number of aromatic nitrogens is 1. The summed E-state index contributed by atoms with van der Waals surface area (Å²) in [5.74, 6) is 2.37. The van der Waals surface area contributed by atoms with Crippen LogP contribution in [0.15, 0.2) is 60.9 Å². The molecule has 0 fully saturated rings. The number of fused-ring (bicyclic) bond motifs is 1. The highest BCUT2D eigenvalue weighted by Gasteiger charge is 2.29. The maximum absolute atomic E-state index is 5.69. The summed E-state index contributed by atoms with van der Waals surface area (Å²) in [6.07, 6.45) is 4.61. The van der Waals surface area contributed by atoms with Crippen molar-refractivity contribution >= 4 is 0 Å². The largest absolute Gasteiger partial charge is 0.497 e. The van der Waals surface area contributed by atoms with Crippen LogP contribution >= 0.6 is 0 Å². The van der Waals surface area contributed by atoms with Gasteiger partial charge >= 0.3 is 0 Å². The molecule has 0 saturated heterocycles. The average Bonchev–Trinajstić information content (AvgIpc) is 2.79. The number of hydrogen-bond donors (Lipinski definition) is 1. The minimum absolute atomic E-state index is 0.0273. The third kappa shape index (κ3) is 3.91. The monoisotopic (exact) mass is 390 g/mol. The van der Waals surface area contributed by atoms with E-state index in [1.807, 2.05) is 31.3 Å².